The molecule has 16 heavy (non-hydrogen) atoms. The summed E-state index contributed by atoms with van der Waals surface area (Å²) in [7, 11) is 1.24. The maximum absolute atomic E-state index is 11.9. The van der Waals surface area contributed by atoms with Crippen LogP contribution in [0.25, 0.3) is 0 Å². The predicted octanol–water partition coefficient (Wildman–Crippen LogP) is 1.54. The quantitative estimate of drug-likeness (QED) is 0.526. The van der Waals surface area contributed by atoms with Crippen molar-refractivity contribution < 1.29 is 31.1 Å². The molecule has 4 nitrogen and oxygen atoms in total. The van der Waals surface area contributed by atoms with Gasteiger partial charge < -0.3 is 9.47 Å². The number of ether oxygens (including phenoxy) is 2. The van der Waals surface area contributed by atoms with Crippen molar-refractivity contribution in [2.75, 3.05) is 25.6 Å². The molecule has 0 aliphatic carbocycles. The Bertz CT molecular complexity index is 290. The average molecular weight is 285 g/mol. The molecule has 0 N–H and O–H groups in total. The summed E-state index contributed by atoms with van der Waals surface area (Å²) in [6.07, 6.45) is -6.27. The average Bonchev–Trinajstić information content (AvgIpc) is 2.07. The number of halogens is 4. The molecule has 0 aliphatic rings. The topological polar surface area (TPSA) is 52.6 Å². The van der Waals surface area contributed by atoms with Gasteiger partial charge in [0.2, 0.25) is 9.05 Å². The second-order valence-corrected chi connectivity index (χ2v) is 5.81. The first-order valence-corrected chi connectivity index (χ1v) is 6.79. The molecule has 0 bridgehead atoms. The van der Waals surface area contributed by atoms with Crippen molar-refractivity contribution in [2.45, 2.75) is 19.2 Å². The van der Waals surface area contributed by atoms with E-state index >= 15 is 0 Å². The van der Waals surface area contributed by atoms with Crippen molar-refractivity contribution in [3.8, 4) is 0 Å². The molecule has 0 rings (SSSR count). The van der Waals surface area contributed by atoms with E-state index in [1.54, 1.807) is 0 Å². The van der Waals surface area contributed by atoms with E-state index < -0.39 is 21.3 Å². The first-order valence-electron chi connectivity index (χ1n) is 4.31. The van der Waals surface area contributed by atoms with Gasteiger partial charge >= 0.3 is 6.18 Å². The van der Waals surface area contributed by atoms with Crippen molar-refractivity contribution in [1.82, 2.24) is 0 Å². The molecular formula is C7H12ClF3O4S. The Kier molecular flexibility index (Phi) is 6.61. The van der Waals surface area contributed by atoms with Crippen LogP contribution in [0, 0.1) is 0 Å². The van der Waals surface area contributed by atoms with Crippen LogP contribution in [0.2, 0.25) is 0 Å². The molecule has 0 saturated carbocycles. The minimum absolute atomic E-state index is 0.118. The third kappa shape index (κ3) is 9.20. The van der Waals surface area contributed by atoms with Crippen LogP contribution in [0.4, 0.5) is 13.2 Å². The van der Waals surface area contributed by atoms with E-state index in [9.17, 15) is 21.6 Å². The second kappa shape index (κ2) is 6.63. The first kappa shape index (κ1) is 16.0. The van der Waals surface area contributed by atoms with E-state index in [-0.39, 0.29) is 25.6 Å². The minimum Gasteiger partial charge on any atom is -0.378 e. The summed E-state index contributed by atoms with van der Waals surface area (Å²) in [4.78, 5) is 0. The lowest BCUT2D eigenvalue weighted by Crippen LogP contribution is -2.29. The Balaban J connectivity index is 3.48. The van der Waals surface area contributed by atoms with Gasteiger partial charge in [0.25, 0.3) is 0 Å². The van der Waals surface area contributed by atoms with Crippen LogP contribution in [0.15, 0.2) is 0 Å². The van der Waals surface area contributed by atoms with Gasteiger partial charge in [-0.3, -0.25) is 0 Å². The van der Waals surface area contributed by atoms with Crippen molar-refractivity contribution in [1.29, 1.82) is 0 Å². The second-order valence-electron chi connectivity index (χ2n) is 2.91. The Hall–Kier alpha value is -0.0500. The summed E-state index contributed by atoms with van der Waals surface area (Å²) in [5.41, 5.74) is 0. The van der Waals surface area contributed by atoms with E-state index in [1.165, 1.54) is 0 Å². The highest BCUT2D eigenvalue weighted by Crippen LogP contribution is 2.21. The molecule has 98 valence electrons. The molecule has 0 fully saturated rings. The smallest absolute Gasteiger partial charge is 0.378 e. The lowest BCUT2D eigenvalue weighted by molar-refractivity contribution is -0.216. The molecule has 0 spiro atoms. The number of hydrogen-bond acceptors (Lipinski definition) is 4. The maximum Gasteiger partial charge on any atom is 0.414 e. The number of rotatable bonds is 7. The summed E-state index contributed by atoms with van der Waals surface area (Å²) in [6.45, 7) is 0.328. The maximum atomic E-state index is 11.9. The SMILES string of the molecule is CC(OCCOCCS(=O)(=O)Cl)C(F)(F)F. The van der Waals surface area contributed by atoms with Crippen molar-refractivity contribution in [3.05, 3.63) is 0 Å². The lowest BCUT2D eigenvalue weighted by Gasteiger charge is -2.16. The summed E-state index contributed by atoms with van der Waals surface area (Å²) >= 11 is 0. The molecule has 0 heterocycles. The molecule has 0 saturated heterocycles. The van der Waals surface area contributed by atoms with Gasteiger partial charge in [-0.15, -0.1) is 0 Å². The molecule has 0 radical (unpaired) electrons. The van der Waals surface area contributed by atoms with Crippen LogP contribution < -0.4 is 0 Å². The third-order valence-corrected chi connectivity index (χ3v) is 2.65. The van der Waals surface area contributed by atoms with Gasteiger partial charge in [-0.2, -0.15) is 13.2 Å². The third-order valence-electron chi connectivity index (χ3n) is 1.53. The molecular weight excluding hydrogens is 273 g/mol. The predicted molar refractivity (Wildman–Crippen MR) is 51.9 cm³/mol. The van der Waals surface area contributed by atoms with E-state index in [2.05, 4.69) is 4.74 Å². The van der Waals surface area contributed by atoms with Crippen LogP contribution in [-0.4, -0.2) is 46.3 Å². The minimum atomic E-state index is -4.40. The van der Waals surface area contributed by atoms with Crippen LogP contribution in [0.1, 0.15) is 6.92 Å². The summed E-state index contributed by atoms with van der Waals surface area (Å²) < 4.78 is 65.7. The molecule has 0 aromatic heterocycles. The van der Waals surface area contributed by atoms with Crippen LogP contribution in [0.5, 0.6) is 0 Å². The Labute approximate surface area is 96.1 Å². The van der Waals surface area contributed by atoms with Gasteiger partial charge in [-0.1, -0.05) is 0 Å². The summed E-state index contributed by atoms with van der Waals surface area (Å²) in [6, 6.07) is 0. The van der Waals surface area contributed by atoms with E-state index in [0.29, 0.717) is 0 Å². The Morgan fingerprint density at radius 2 is 1.81 bits per heavy atom. The van der Waals surface area contributed by atoms with Crippen molar-refractivity contribution >= 4 is 19.7 Å². The fourth-order valence-electron chi connectivity index (χ4n) is 0.639. The zero-order valence-corrected chi connectivity index (χ0v) is 10.0. The number of hydrogen-bond donors (Lipinski definition) is 0. The van der Waals surface area contributed by atoms with Crippen LogP contribution in [-0.2, 0) is 18.5 Å². The highest BCUT2D eigenvalue weighted by molar-refractivity contribution is 8.13. The van der Waals surface area contributed by atoms with Crippen molar-refractivity contribution in [3.63, 3.8) is 0 Å². The highest BCUT2D eigenvalue weighted by Gasteiger charge is 2.36. The van der Waals surface area contributed by atoms with Crippen LogP contribution in [0.3, 0.4) is 0 Å². The highest BCUT2D eigenvalue weighted by atomic mass is 35.7. The standard InChI is InChI=1S/C7H12ClF3O4S/c1-6(7(9,10)11)15-3-2-14-4-5-16(8,12)13/h6H,2-5H2,1H3. The molecule has 0 aliphatic heterocycles. The fraction of sp³-hybridized carbons (Fsp3) is 1.00. The van der Waals surface area contributed by atoms with Gasteiger partial charge in [0, 0.05) is 10.7 Å². The molecule has 1 unspecified atom stereocenters. The van der Waals surface area contributed by atoms with E-state index in [4.69, 9.17) is 15.4 Å². The van der Waals surface area contributed by atoms with Gasteiger partial charge in [0.15, 0.2) is 6.10 Å². The molecule has 0 amide bonds. The first-order chi connectivity index (χ1) is 7.13. The normalized spacial score (nSPS) is 15.1. The van der Waals surface area contributed by atoms with Gasteiger partial charge in [-0.25, -0.2) is 8.42 Å². The number of alkyl halides is 3. The Morgan fingerprint density at radius 3 is 2.25 bits per heavy atom. The van der Waals surface area contributed by atoms with Gasteiger partial charge in [0.1, 0.15) is 0 Å². The van der Waals surface area contributed by atoms with Crippen molar-refractivity contribution in [2.24, 2.45) is 0 Å². The zero-order valence-electron chi connectivity index (χ0n) is 8.46. The Morgan fingerprint density at radius 1 is 1.25 bits per heavy atom. The summed E-state index contributed by atoms with van der Waals surface area (Å²) in [5.74, 6) is -0.386. The summed E-state index contributed by atoms with van der Waals surface area (Å²) in [5, 5.41) is 0. The molecule has 0 aromatic rings. The van der Waals surface area contributed by atoms with Gasteiger partial charge in [0.05, 0.1) is 25.6 Å². The monoisotopic (exact) mass is 284 g/mol. The van der Waals surface area contributed by atoms with Gasteiger partial charge in [-0.05, 0) is 6.92 Å². The lowest BCUT2D eigenvalue weighted by atomic mass is 10.4. The van der Waals surface area contributed by atoms with Crippen LogP contribution >= 0.6 is 10.7 Å². The molecule has 0 aromatic carbocycles. The van der Waals surface area contributed by atoms with E-state index in [1.807, 2.05) is 0 Å². The zero-order chi connectivity index (χ0) is 12.8. The molecule has 9 heteroatoms. The fourth-order valence-corrected chi connectivity index (χ4v) is 1.14. The molecule has 1 atom stereocenters. The van der Waals surface area contributed by atoms with E-state index in [0.717, 1.165) is 6.92 Å². The largest absolute Gasteiger partial charge is 0.414 e.